The van der Waals surface area contributed by atoms with E-state index in [1.807, 2.05) is 6.08 Å². The number of allylic oxidation sites excluding steroid dienone is 1. The smallest absolute Gasteiger partial charge is 0.128 e. The molecule has 0 amide bonds. The number of aldehydes is 1. The highest BCUT2D eigenvalue weighted by Gasteiger charge is 2.01. The Hall–Kier alpha value is -0.920. The first kappa shape index (κ1) is 5.22. The molecule has 0 saturated carbocycles. The fourth-order valence-corrected chi connectivity index (χ4v) is 0.591. The van der Waals surface area contributed by atoms with Crippen LogP contribution in [0.4, 0.5) is 0 Å². The van der Waals surface area contributed by atoms with Gasteiger partial charge in [-0.2, -0.15) is 0 Å². The average Bonchev–Trinajstić information content (AvgIpc) is 1.90. The SMILES string of the molecule is O=CC1C=NC=CC1. The zero-order valence-corrected chi connectivity index (χ0v) is 4.45. The fourth-order valence-electron chi connectivity index (χ4n) is 0.591. The third kappa shape index (κ3) is 1.03. The number of rotatable bonds is 1. The van der Waals surface area contributed by atoms with Crippen molar-refractivity contribution < 1.29 is 4.79 Å². The van der Waals surface area contributed by atoms with Crippen LogP contribution in [0.1, 0.15) is 6.42 Å². The summed E-state index contributed by atoms with van der Waals surface area (Å²) in [6.45, 7) is 0. The Kier molecular flexibility index (Phi) is 1.57. The molecule has 1 aliphatic rings. The third-order valence-electron chi connectivity index (χ3n) is 1.05. The lowest BCUT2D eigenvalue weighted by Gasteiger charge is -2.00. The highest BCUT2D eigenvalue weighted by molar-refractivity contribution is 5.81. The number of hydrogen-bond donors (Lipinski definition) is 0. The summed E-state index contributed by atoms with van der Waals surface area (Å²) in [7, 11) is 0. The van der Waals surface area contributed by atoms with Gasteiger partial charge in [0.2, 0.25) is 0 Å². The maximum atomic E-state index is 10.0. The normalized spacial score (nSPS) is 25.8. The average molecular weight is 109 g/mol. The van der Waals surface area contributed by atoms with Gasteiger partial charge in [0.1, 0.15) is 6.29 Å². The Labute approximate surface area is 47.9 Å². The molecule has 1 aliphatic heterocycles. The van der Waals surface area contributed by atoms with Gasteiger partial charge in [-0.05, 0) is 6.42 Å². The van der Waals surface area contributed by atoms with E-state index in [-0.39, 0.29) is 5.92 Å². The molecule has 0 saturated heterocycles. The van der Waals surface area contributed by atoms with E-state index in [0.29, 0.717) is 0 Å². The van der Waals surface area contributed by atoms with Gasteiger partial charge in [0.25, 0.3) is 0 Å². The zero-order valence-electron chi connectivity index (χ0n) is 4.45. The number of hydrogen-bond acceptors (Lipinski definition) is 2. The van der Waals surface area contributed by atoms with Crippen LogP contribution in [0.5, 0.6) is 0 Å². The second kappa shape index (κ2) is 2.40. The van der Waals surface area contributed by atoms with Gasteiger partial charge in [0.15, 0.2) is 0 Å². The molecule has 0 aliphatic carbocycles. The van der Waals surface area contributed by atoms with E-state index in [1.165, 1.54) is 0 Å². The highest BCUT2D eigenvalue weighted by Crippen LogP contribution is 2.01. The minimum atomic E-state index is 0.0278. The maximum absolute atomic E-state index is 10.0. The summed E-state index contributed by atoms with van der Waals surface area (Å²) < 4.78 is 0. The molecule has 0 aromatic rings. The van der Waals surface area contributed by atoms with Crippen molar-refractivity contribution in [2.75, 3.05) is 0 Å². The van der Waals surface area contributed by atoms with Crippen molar-refractivity contribution in [3.8, 4) is 0 Å². The molecule has 0 aromatic carbocycles. The molecule has 1 unspecified atom stereocenters. The van der Waals surface area contributed by atoms with Gasteiger partial charge in [0, 0.05) is 12.4 Å². The number of carbonyl (C=O) groups excluding carboxylic acids is 1. The van der Waals surface area contributed by atoms with Gasteiger partial charge in [0.05, 0.1) is 5.92 Å². The van der Waals surface area contributed by atoms with Crippen LogP contribution in [0.3, 0.4) is 0 Å². The second-order valence-electron chi connectivity index (χ2n) is 1.72. The molecular weight excluding hydrogens is 102 g/mol. The van der Waals surface area contributed by atoms with Crippen LogP contribution < -0.4 is 0 Å². The topological polar surface area (TPSA) is 29.4 Å². The molecular formula is C6H7NO. The molecule has 1 heterocycles. The second-order valence-corrected chi connectivity index (χ2v) is 1.72. The summed E-state index contributed by atoms with van der Waals surface area (Å²) in [5.74, 6) is 0.0278. The minimum absolute atomic E-state index is 0.0278. The van der Waals surface area contributed by atoms with E-state index in [0.717, 1.165) is 12.7 Å². The summed E-state index contributed by atoms with van der Waals surface area (Å²) in [4.78, 5) is 13.8. The lowest BCUT2D eigenvalue weighted by atomic mass is 10.1. The molecule has 2 nitrogen and oxygen atoms in total. The van der Waals surface area contributed by atoms with Crippen molar-refractivity contribution in [2.45, 2.75) is 6.42 Å². The first-order valence-electron chi connectivity index (χ1n) is 2.57. The molecule has 42 valence electrons. The monoisotopic (exact) mass is 109 g/mol. The van der Waals surface area contributed by atoms with Gasteiger partial charge in [-0.15, -0.1) is 0 Å². The molecule has 0 aromatic heterocycles. The van der Waals surface area contributed by atoms with Gasteiger partial charge < -0.3 is 4.79 Å². The molecule has 0 radical (unpaired) electrons. The zero-order chi connectivity index (χ0) is 5.82. The standard InChI is InChI=1S/C6H7NO/c8-5-6-2-1-3-7-4-6/h1,3-6H,2H2. The minimum Gasteiger partial charge on any atom is -0.303 e. The first-order valence-corrected chi connectivity index (χ1v) is 2.57. The Bertz CT molecular complexity index is 137. The van der Waals surface area contributed by atoms with Crippen molar-refractivity contribution in [1.29, 1.82) is 0 Å². The van der Waals surface area contributed by atoms with Crippen molar-refractivity contribution in [2.24, 2.45) is 10.9 Å². The molecule has 0 spiro atoms. The molecule has 2 heteroatoms. The molecule has 0 N–H and O–H groups in total. The Morgan fingerprint density at radius 1 is 1.75 bits per heavy atom. The molecule has 1 rings (SSSR count). The quantitative estimate of drug-likeness (QED) is 0.458. The summed E-state index contributed by atoms with van der Waals surface area (Å²) in [6.07, 6.45) is 6.98. The van der Waals surface area contributed by atoms with Crippen LogP contribution in [0, 0.1) is 5.92 Å². The van der Waals surface area contributed by atoms with Gasteiger partial charge in [-0.25, -0.2) is 0 Å². The van der Waals surface area contributed by atoms with Crippen molar-refractivity contribution in [3.63, 3.8) is 0 Å². The predicted octanol–water partition coefficient (Wildman–Crippen LogP) is 0.790. The van der Waals surface area contributed by atoms with E-state index in [9.17, 15) is 4.79 Å². The van der Waals surface area contributed by atoms with Gasteiger partial charge in [-0.1, -0.05) is 6.08 Å². The van der Waals surface area contributed by atoms with E-state index in [1.54, 1.807) is 12.4 Å². The van der Waals surface area contributed by atoms with Gasteiger partial charge >= 0.3 is 0 Å². The Morgan fingerprint density at radius 3 is 3.00 bits per heavy atom. The van der Waals surface area contributed by atoms with Crippen LogP contribution in [0.2, 0.25) is 0 Å². The largest absolute Gasteiger partial charge is 0.303 e. The maximum Gasteiger partial charge on any atom is 0.128 e. The number of nitrogens with zero attached hydrogens (tertiary/aromatic N) is 1. The van der Waals surface area contributed by atoms with E-state index in [4.69, 9.17) is 0 Å². The van der Waals surface area contributed by atoms with E-state index < -0.39 is 0 Å². The first-order chi connectivity index (χ1) is 3.93. The Balaban J connectivity index is 2.51. The lowest BCUT2D eigenvalue weighted by Crippen LogP contribution is -2.03. The van der Waals surface area contributed by atoms with Crippen molar-refractivity contribution >= 4 is 12.5 Å². The highest BCUT2D eigenvalue weighted by atomic mass is 16.1. The summed E-state index contributed by atoms with van der Waals surface area (Å²) in [5, 5.41) is 0. The summed E-state index contributed by atoms with van der Waals surface area (Å²) in [5.41, 5.74) is 0. The van der Waals surface area contributed by atoms with Crippen LogP contribution in [-0.2, 0) is 4.79 Å². The van der Waals surface area contributed by atoms with Gasteiger partial charge in [-0.3, -0.25) is 4.99 Å². The van der Waals surface area contributed by atoms with Crippen LogP contribution in [0.15, 0.2) is 17.3 Å². The third-order valence-corrected chi connectivity index (χ3v) is 1.05. The number of aliphatic imine (C=N–C) groups is 1. The summed E-state index contributed by atoms with van der Waals surface area (Å²) in [6, 6.07) is 0. The molecule has 1 atom stereocenters. The fraction of sp³-hybridized carbons (Fsp3) is 0.333. The van der Waals surface area contributed by atoms with Crippen LogP contribution in [0.25, 0.3) is 0 Å². The van der Waals surface area contributed by atoms with Crippen molar-refractivity contribution in [3.05, 3.63) is 12.3 Å². The Morgan fingerprint density at radius 2 is 2.62 bits per heavy atom. The lowest BCUT2D eigenvalue weighted by molar-refractivity contribution is -0.109. The number of carbonyl (C=O) groups is 1. The van der Waals surface area contributed by atoms with E-state index in [2.05, 4.69) is 4.99 Å². The molecule has 0 bridgehead atoms. The van der Waals surface area contributed by atoms with E-state index >= 15 is 0 Å². The summed E-state index contributed by atoms with van der Waals surface area (Å²) >= 11 is 0. The van der Waals surface area contributed by atoms with Crippen LogP contribution in [-0.4, -0.2) is 12.5 Å². The van der Waals surface area contributed by atoms with Crippen molar-refractivity contribution in [1.82, 2.24) is 0 Å². The molecule has 8 heavy (non-hydrogen) atoms. The molecule has 0 fully saturated rings. The predicted molar refractivity (Wildman–Crippen MR) is 31.8 cm³/mol. The van der Waals surface area contributed by atoms with Crippen LogP contribution >= 0.6 is 0 Å².